The van der Waals surface area contributed by atoms with Gasteiger partial charge in [0.1, 0.15) is 6.23 Å². The first-order valence-electron chi connectivity index (χ1n) is 5.04. The summed E-state index contributed by atoms with van der Waals surface area (Å²) in [7, 11) is 3.48. The topological polar surface area (TPSA) is 66.6 Å². The van der Waals surface area contributed by atoms with Crippen molar-refractivity contribution in [1.29, 1.82) is 0 Å². The second-order valence-electron chi connectivity index (χ2n) is 3.80. The van der Waals surface area contributed by atoms with Crippen LogP contribution in [-0.2, 0) is 0 Å². The number of hydrogen-bond acceptors (Lipinski definition) is 4. The Balaban J connectivity index is 3.14. The molecule has 0 aliphatic heterocycles. The number of halogens is 1. The molecule has 0 heterocycles. The van der Waals surface area contributed by atoms with Crippen LogP contribution >= 0.6 is 11.6 Å². The summed E-state index contributed by atoms with van der Waals surface area (Å²) in [5.74, 6) is -0.376. The minimum Gasteiger partial charge on any atom is -0.383 e. The van der Waals surface area contributed by atoms with Crippen LogP contribution in [0, 0.1) is 0 Å². The molecule has 5 heteroatoms. The van der Waals surface area contributed by atoms with Crippen molar-refractivity contribution in [2.24, 2.45) is 5.73 Å². The highest BCUT2D eigenvalue weighted by Gasteiger charge is 2.19. The van der Waals surface area contributed by atoms with Crippen LogP contribution in [0.4, 0.5) is 0 Å². The number of Topliss-reactive ketones (excluding diaryl/α,β-unsaturated/α-hetero) is 1. The van der Waals surface area contributed by atoms with Gasteiger partial charge in [0.25, 0.3) is 0 Å². The minimum absolute atomic E-state index is 0.100. The van der Waals surface area contributed by atoms with Gasteiger partial charge in [-0.25, -0.2) is 0 Å². The van der Waals surface area contributed by atoms with E-state index in [9.17, 15) is 9.90 Å². The molecule has 0 aliphatic carbocycles. The number of hydrogen-bond donors (Lipinski definition) is 2. The van der Waals surface area contributed by atoms with Crippen molar-refractivity contribution in [2.45, 2.75) is 6.23 Å². The van der Waals surface area contributed by atoms with Gasteiger partial charge in [0.2, 0.25) is 0 Å². The largest absolute Gasteiger partial charge is 0.383 e. The first kappa shape index (κ1) is 13.7. The van der Waals surface area contributed by atoms with Crippen LogP contribution < -0.4 is 5.73 Å². The average Bonchev–Trinajstić information content (AvgIpc) is 2.25. The third-order valence-corrected chi connectivity index (χ3v) is 2.43. The molecule has 1 atom stereocenters. The summed E-state index contributed by atoms with van der Waals surface area (Å²) in [6, 6.07) is 6.64. The molecule has 0 saturated heterocycles. The fraction of sp³-hybridized carbons (Fsp3) is 0.250. The molecule has 0 saturated carbocycles. The lowest BCUT2D eigenvalue weighted by molar-refractivity contribution is 0.0987. The van der Waals surface area contributed by atoms with Crippen molar-refractivity contribution in [3.8, 4) is 0 Å². The van der Waals surface area contributed by atoms with E-state index in [0.29, 0.717) is 10.6 Å². The molecule has 0 spiro atoms. The normalized spacial score (nSPS) is 13.4. The van der Waals surface area contributed by atoms with Gasteiger partial charge in [-0.05, 0) is 12.1 Å². The molecule has 0 unspecified atom stereocenters. The molecule has 1 aromatic carbocycles. The molecule has 0 bridgehead atoms. The highest BCUT2D eigenvalue weighted by atomic mass is 35.5. The first-order chi connectivity index (χ1) is 7.93. The second kappa shape index (κ2) is 5.82. The predicted octanol–water partition coefficient (Wildman–Crippen LogP) is 1.25. The van der Waals surface area contributed by atoms with Crippen LogP contribution in [-0.4, -0.2) is 36.1 Å². The van der Waals surface area contributed by atoms with E-state index in [4.69, 9.17) is 17.3 Å². The molecule has 0 radical (unpaired) electrons. The second-order valence-corrected chi connectivity index (χ2v) is 4.21. The van der Waals surface area contributed by atoms with E-state index >= 15 is 0 Å². The number of nitrogens with zero attached hydrogens (tertiary/aromatic N) is 1. The quantitative estimate of drug-likeness (QED) is 0.482. The van der Waals surface area contributed by atoms with Gasteiger partial charge < -0.3 is 15.7 Å². The van der Waals surface area contributed by atoms with E-state index in [0.717, 1.165) is 0 Å². The van der Waals surface area contributed by atoms with Gasteiger partial charge in [-0.1, -0.05) is 23.7 Å². The number of ketones is 1. The Morgan fingerprint density at radius 1 is 1.47 bits per heavy atom. The number of rotatable bonds is 4. The molecule has 0 aliphatic rings. The molecule has 17 heavy (non-hydrogen) atoms. The molecular weight excluding hydrogens is 240 g/mol. The number of aliphatic hydroxyl groups is 1. The van der Waals surface area contributed by atoms with Crippen molar-refractivity contribution in [1.82, 2.24) is 4.90 Å². The average molecular weight is 255 g/mol. The van der Waals surface area contributed by atoms with E-state index in [1.165, 1.54) is 6.20 Å². The van der Waals surface area contributed by atoms with Crippen molar-refractivity contribution < 1.29 is 9.90 Å². The first-order valence-corrected chi connectivity index (χ1v) is 5.42. The van der Waals surface area contributed by atoms with Gasteiger partial charge in [-0.2, -0.15) is 0 Å². The number of carbonyl (C=O) groups is 1. The fourth-order valence-corrected chi connectivity index (χ4v) is 1.57. The number of benzene rings is 1. The summed E-state index contributed by atoms with van der Waals surface area (Å²) in [5.41, 5.74) is 5.80. The molecule has 0 fully saturated rings. The number of nitrogens with two attached hydrogens (primary N) is 1. The Hall–Kier alpha value is -1.36. The summed E-state index contributed by atoms with van der Waals surface area (Å²) >= 11 is 5.92. The maximum Gasteiger partial charge on any atom is 0.195 e. The fourth-order valence-electron chi connectivity index (χ4n) is 1.35. The molecule has 92 valence electrons. The molecule has 0 amide bonds. The van der Waals surface area contributed by atoms with Crippen LogP contribution in [0.3, 0.4) is 0 Å². The SMILES string of the molecule is CN(C)/C=C(/C(=O)c1ccccc1Cl)[C@H](N)O. The van der Waals surface area contributed by atoms with E-state index in [2.05, 4.69) is 0 Å². The Bertz CT molecular complexity index is 442. The lowest BCUT2D eigenvalue weighted by atomic mass is 10.0. The maximum atomic E-state index is 12.1. The van der Waals surface area contributed by atoms with E-state index in [1.807, 2.05) is 0 Å². The smallest absolute Gasteiger partial charge is 0.195 e. The number of carbonyl (C=O) groups excluding carboxylic acids is 1. The minimum atomic E-state index is -1.33. The molecule has 4 nitrogen and oxygen atoms in total. The van der Waals surface area contributed by atoms with Crippen LogP contribution in [0.15, 0.2) is 36.0 Å². The molecule has 1 aromatic rings. The third-order valence-electron chi connectivity index (χ3n) is 2.10. The Morgan fingerprint density at radius 3 is 2.53 bits per heavy atom. The highest BCUT2D eigenvalue weighted by Crippen LogP contribution is 2.19. The summed E-state index contributed by atoms with van der Waals surface area (Å²) in [4.78, 5) is 13.8. The summed E-state index contributed by atoms with van der Waals surface area (Å²) in [5, 5.41) is 9.74. The number of aliphatic hydroxyl groups excluding tert-OH is 1. The van der Waals surface area contributed by atoms with E-state index in [1.54, 1.807) is 43.3 Å². The van der Waals surface area contributed by atoms with Gasteiger partial charge in [0.05, 0.1) is 10.6 Å². The van der Waals surface area contributed by atoms with Crippen LogP contribution in [0.2, 0.25) is 5.02 Å². The summed E-state index contributed by atoms with van der Waals surface area (Å²) in [6.07, 6.45) is 0.150. The lowest BCUT2D eigenvalue weighted by Gasteiger charge is -2.14. The molecule has 1 rings (SSSR count). The Labute approximate surface area is 105 Å². The Morgan fingerprint density at radius 2 is 2.06 bits per heavy atom. The molecule has 0 aromatic heterocycles. The van der Waals surface area contributed by atoms with E-state index in [-0.39, 0.29) is 11.4 Å². The van der Waals surface area contributed by atoms with E-state index < -0.39 is 6.23 Å². The van der Waals surface area contributed by atoms with Crippen LogP contribution in [0.5, 0.6) is 0 Å². The lowest BCUT2D eigenvalue weighted by Crippen LogP contribution is -2.28. The third kappa shape index (κ3) is 3.56. The zero-order chi connectivity index (χ0) is 13.0. The summed E-state index contributed by atoms with van der Waals surface area (Å²) < 4.78 is 0. The molecule has 3 N–H and O–H groups in total. The van der Waals surface area contributed by atoms with Gasteiger partial charge in [0, 0.05) is 25.9 Å². The Kier molecular flexibility index (Phi) is 4.69. The van der Waals surface area contributed by atoms with Crippen LogP contribution in [0.25, 0.3) is 0 Å². The monoisotopic (exact) mass is 254 g/mol. The zero-order valence-corrected chi connectivity index (χ0v) is 10.5. The molecular formula is C12H15ClN2O2. The van der Waals surface area contributed by atoms with Crippen LogP contribution in [0.1, 0.15) is 10.4 Å². The van der Waals surface area contributed by atoms with Gasteiger partial charge in [-0.15, -0.1) is 0 Å². The van der Waals surface area contributed by atoms with Gasteiger partial charge in [-0.3, -0.25) is 4.79 Å². The van der Waals surface area contributed by atoms with Gasteiger partial charge in [0.15, 0.2) is 5.78 Å². The highest BCUT2D eigenvalue weighted by molar-refractivity contribution is 6.35. The zero-order valence-electron chi connectivity index (χ0n) is 9.72. The van der Waals surface area contributed by atoms with Gasteiger partial charge >= 0.3 is 0 Å². The van der Waals surface area contributed by atoms with Crippen molar-refractivity contribution in [3.05, 3.63) is 46.6 Å². The maximum absolute atomic E-state index is 12.1. The van der Waals surface area contributed by atoms with Crippen molar-refractivity contribution >= 4 is 17.4 Å². The predicted molar refractivity (Wildman–Crippen MR) is 67.7 cm³/mol. The van der Waals surface area contributed by atoms with Crippen molar-refractivity contribution in [2.75, 3.05) is 14.1 Å². The summed E-state index contributed by atoms with van der Waals surface area (Å²) in [6.45, 7) is 0. The van der Waals surface area contributed by atoms with Crippen molar-refractivity contribution in [3.63, 3.8) is 0 Å². The standard InChI is InChI=1S/C12H15ClN2O2/c1-15(2)7-9(12(14)17)11(16)8-5-3-4-6-10(8)13/h3-7,12,17H,14H2,1-2H3/b9-7-/t12-/m1/s1.